The molecule has 0 aliphatic carbocycles. The van der Waals surface area contributed by atoms with E-state index in [1.54, 1.807) is 18.4 Å². The van der Waals surface area contributed by atoms with E-state index < -0.39 is 0 Å². The largest absolute Gasteiger partial charge is 0.506 e. The Balaban J connectivity index is 1.96. The average Bonchev–Trinajstić information content (AvgIpc) is 2.84. The van der Waals surface area contributed by atoms with E-state index in [4.69, 9.17) is 16.0 Å². The summed E-state index contributed by atoms with van der Waals surface area (Å²) in [5, 5.41) is 13.0. The molecule has 1 atom stereocenters. The minimum Gasteiger partial charge on any atom is -0.506 e. The highest BCUT2D eigenvalue weighted by atomic mass is 35.5. The average molecular weight is 252 g/mol. The molecule has 0 unspecified atom stereocenters. The highest BCUT2D eigenvalue weighted by Gasteiger charge is 2.07. The van der Waals surface area contributed by atoms with Crippen molar-refractivity contribution in [3.05, 3.63) is 52.9 Å². The van der Waals surface area contributed by atoms with E-state index in [2.05, 4.69) is 5.32 Å². The molecule has 0 fully saturated rings. The van der Waals surface area contributed by atoms with Crippen LogP contribution in [0.2, 0.25) is 5.02 Å². The van der Waals surface area contributed by atoms with Gasteiger partial charge in [0.2, 0.25) is 0 Å². The molecule has 1 aromatic carbocycles. The van der Waals surface area contributed by atoms with Crippen LogP contribution in [-0.2, 0) is 6.54 Å². The Morgan fingerprint density at radius 3 is 2.88 bits per heavy atom. The van der Waals surface area contributed by atoms with Gasteiger partial charge in [-0.15, -0.1) is 0 Å². The number of benzene rings is 1. The van der Waals surface area contributed by atoms with Crippen LogP contribution in [0, 0.1) is 0 Å². The van der Waals surface area contributed by atoms with Gasteiger partial charge in [0.25, 0.3) is 0 Å². The second-order valence-corrected chi connectivity index (χ2v) is 4.31. The number of furan rings is 1. The van der Waals surface area contributed by atoms with E-state index in [-0.39, 0.29) is 11.8 Å². The normalized spacial score (nSPS) is 12.6. The van der Waals surface area contributed by atoms with Crippen molar-refractivity contribution in [1.82, 2.24) is 5.32 Å². The van der Waals surface area contributed by atoms with Crippen LogP contribution in [0.3, 0.4) is 0 Å². The number of hydrogen-bond donors (Lipinski definition) is 2. The fourth-order valence-electron chi connectivity index (χ4n) is 1.57. The van der Waals surface area contributed by atoms with Gasteiger partial charge in [0.1, 0.15) is 11.5 Å². The number of hydrogen-bond acceptors (Lipinski definition) is 3. The standard InChI is InChI=1S/C13H14ClNO2/c1-9(13-3-2-6-17-13)15-8-10-4-5-12(16)11(14)7-10/h2-7,9,15-16H,8H2,1H3/t9-/m0/s1. The molecule has 3 nitrogen and oxygen atoms in total. The van der Waals surface area contributed by atoms with Gasteiger partial charge in [0.05, 0.1) is 17.3 Å². The molecule has 2 rings (SSSR count). The van der Waals surface area contributed by atoms with Crippen LogP contribution in [0.25, 0.3) is 0 Å². The van der Waals surface area contributed by atoms with Crippen molar-refractivity contribution >= 4 is 11.6 Å². The summed E-state index contributed by atoms with van der Waals surface area (Å²) in [6.45, 7) is 2.70. The Morgan fingerprint density at radius 2 is 2.24 bits per heavy atom. The highest BCUT2D eigenvalue weighted by molar-refractivity contribution is 6.32. The minimum atomic E-state index is 0.106. The smallest absolute Gasteiger partial charge is 0.134 e. The molecule has 0 aliphatic rings. The van der Waals surface area contributed by atoms with Gasteiger partial charge in [-0.05, 0) is 36.8 Å². The summed E-state index contributed by atoms with van der Waals surface area (Å²) in [4.78, 5) is 0. The third-order valence-electron chi connectivity index (χ3n) is 2.59. The monoisotopic (exact) mass is 251 g/mol. The first-order valence-corrected chi connectivity index (χ1v) is 5.79. The zero-order valence-electron chi connectivity index (χ0n) is 9.48. The third-order valence-corrected chi connectivity index (χ3v) is 2.90. The molecular formula is C13H14ClNO2. The number of aromatic hydroxyl groups is 1. The molecule has 0 amide bonds. The van der Waals surface area contributed by atoms with Gasteiger partial charge in [0, 0.05) is 6.54 Å². The Hall–Kier alpha value is -1.45. The van der Waals surface area contributed by atoms with E-state index in [1.807, 2.05) is 25.1 Å². The summed E-state index contributed by atoms with van der Waals surface area (Å²) in [7, 11) is 0. The molecule has 0 spiro atoms. The van der Waals surface area contributed by atoms with Crippen LogP contribution in [0.1, 0.15) is 24.3 Å². The lowest BCUT2D eigenvalue weighted by atomic mass is 10.2. The lowest BCUT2D eigenvalue weighted by Gasteiger charge is -2.11. The predicted octanol–water partition coefficient (Wildman–Crippen LogP) is 3.49. The van der Waals surface area contributed by atoms with E-state index in [0.29, 0.717) is 11.6 Å². The maximum atomic E-state index is 9.30. The van der Waals surface area contributed by atoms with E-state index in [0.717, 1.165) is 11.3 Å². The van der Waals surface area contributed by atoms with Gasteiger partial charge < -0.3 is 14.8 Å². The van der Waals surface area contributed by atoms with Gasteiger partial charge >= 0.3 is 0 Å². The number of rotatable bonds is 4. The molecule has 0 saturated carbocycles. The Kier molecular flexibility index (Phi) is 3.71. The number of halogens is 1. The summed E-state index contributed by atoms with van der Waals surface area (Å²) in [5.74, 6) is 1.00. The van der Waals surface area contributed by atoms with Crippen molar-refractivity contribution < 1.29 is 9.52 Å². The van der Waals surface area contributed by atoms with Crippen LogP contribution in [0.15, 0.2) is 41.0 Å². The van der Waals surface area contributed by atoms with Crippen LogP contribution >= 0.6 is 11.6 Å². The molecule has 0 aliphatic heterocycles. The second-order valence-electron chi connectivity index (χ2n) is 3.90. The van der Waals surface area contributed by atoms with Gasteiger partial charge in [0.15, 0.2) is 0 Å². The first-order chi connectivity index (χ1) is 8.16. The van der Waals surface area contributed by atoms with Crippen molar-refractivity contribution in [3.8, 4) is 5.75 Å². The third kappa shape index (κ3) is 3.02. The van der Waals surface area contributed by atoms with E-state index in [9.17, 15) is 5.11 Å². The maximum absolute atomic E-state index is 9.30. The van der Waals surface area contributed by atoms with Crippen LogP contribution in [0.4, 0.5) is 0 Å². The molecule has 0 radical (unpaired) electrons. The molecule has 2 aromatic rings. The van der Waals surface area contributed by atoms with E-state index in [1.165, 1.54) is 0 Å². The maximum Gasteiger partial charge on any atom is 0.134 e. The fraction of sp³-hybridized carbons (Fsp3) is 0.231. The Labute approximate surface area is 105 Å². The number of nitrogens with one attached hydrogen (secondary N) is 1. The minimum absolute atomic E-state index is 0.106. The highest BCUT2D eigenvalue weighted by Crippen LogP contribution is 2.24. The lowest BCUT2D eigenvalue weighted by Crippen LogP contribution is -2.17. The molecule has 2 N–H and O–H groups in total. The summed E-state index contributed by atoms with van der Waals surface area (Å²) in [6.07, 6.45) is 1.66. The molecule has 0 saturated heterocycles. The van der Waals surface area contributed by atoms with Gasteiger partial charge in [-0.1, -0.05) is 17.7 Å². The van der Waals surface area contributed by atoms with Gasteiger partial charge in [-0.2, -0.15) is 0 Å². The van der Waals surface area contributed by atoms with E-state index >= 15 is 0 Å². The number of phenols is 1. The quantitative estimate of drug-likeness (QED) is 0.874. The van der Waals surface area contributed by atoms with Crippen LogP contribution in [0.5, 0.6) is 5.75 Å². The molecule has 90 valence electrons. The van der Waals surface area contributed by atoms with Crippen LogP contribution < -0.4 is 5.32 Å². The first-order valence-electron chi connectivity index (χ1n) is 5.41. The predicted molar refractivity (Wildman–Crippen MR) is 67.1 cm³/mol. The van der Waals surface area contributed by atoms with Crippen LogP contribution in [-0.4, -0.2) is 5.11 Å². The van der Waals surface area contributed by atoms with Crippen molar-refractivity contribution in [2.45, 2.75) is 19.5 Å². The van der Waals surface area contributed by atoms with Crippen molar-refractivity contribution in [2.24, 2.45) is 0 Å². The molecular weight excluding hydrogens is 238 g/mol. The summed E-state index contributed by atoms with van der Waals surface area (Å²) in [6, 6.07) is 9.11. The molecule has 0 bridgehead atoms. The molecule has 17 heavy (non-hydrogen) atoms. The Bertz CT molecular complexity index is 482. The summed E-state index contributed by atoms with van der Waals surface area (Å²) < 4.78 is 5.30. The molecule has 1 heterocycles. The lowest BCUT2D eigenvalue weighted by molar-refractivity contribution is 0.430. The summed E-state index contributed by atoms with van der Waals surface area (Å²) >= 11 is 5.83. The second kappa shape index (κ2) is 5.25. The zero-order chi connectivity index (χ0) is 12.3. The topological polar surface area (TPSA) is 45.4 Å². The molecule has 1 aromatic heterocycles. The molecule has 4 heteroatoms. The fourth-order valence-corrected chi connectivity index (χ4v) is 1.77. The van der Waals surface area contributed by atoms with Crippen molar-refractivity contribution in [1.29, 1.82) is 0 Å². The van der Waals surface area contributed by atoms with Gasteiger partial charge in [-0.25, -0.2) is 0 Å². The zero-order valence-corrected chi connectivity index (χ0v) is 10.2. The SMILES string of the molecule is C[C@H](NCc1ccc(O)c(Cl)c1)c1ccco1. The summed E-state index contributed by atoms with van der Waals surface area (Å²) in [5.41, 5.74) is 1.02. The Morgan fingerprint density at radius 1 is 1.41 bits per heavy atom. The van der Waals surface area contributed by atoms with Gasteiger partial charge in [-0.3, -0.25) is 0 Å². The number of phenolic OH excluding ortho intramolecular Hbond substituents is 1. The first kappa shape index (κ1) is 12.0. The van der Waals surface area contributed by atoms with Crippen molar-refractivity contribution in [3.63, 3.8) is 0 Å². The van der Waals surface area contributed by atoms with Crippen molar-refractivity contribution in [2.75, 3.05) is 0 Å².